The van der Waals surface area contributed by atoms with Crippen LogP contribution in [0, 0.1) is 11.3 Å². The van der Waals surface area contributed by atoms with Crippen LogP contribution in [0.2, 0.25) is 0 Å². The molecule has 0 atom stereocenters. The van der Waals surface area contributed by atoms with Gasteiger partial charge in [0.2, 0.25) is 0 Å². The van der Waals surface area contributed by atoms with E-state index in [-0.39, 0.29) is 5.41 Å². The largest absolute Gasteiger partial charge is 0.261 e. The van der Waals surface area contributed by atoms with E-state index in [4.69, 9.17) is 5.26 Å². The lowest BCUT2D eigenvalue weighted by Crippen LogP contribution is -2.02. The zero-order chi connectivity index (χ0) is 8.60. The third-order valence-electron chi connectivity index (χ3n) is 2.51. The lowest BCUT2D eigenvalue weighted by molar-refractivity contribution is 0.749. The molecule has 0 unspecified atom stereocenters. The second-order valence-electron chi connectivity index (χ2n) is 3.60. The predicted molar refractivity (Wildman–Crippen MR) is 45.5 cm³/mol. The van der Waals surface area contributed by atoms with Crippen LogP contribution in [0.1, 0.15) is 31.0 Å². The number of nitriles is 1. The van der Waals surface area contributed by atoms with Crippen LogP contribution in [-0.2, 0) is 5.41 Å². The number of hydrogen-bond acceptors (Lipinski definition) is 2. The van der Waals surface area contributed by atoms with Crippen molar-refractivity contribution in [2.75, 3.05) is 0 Å². The van der Waals surface area contributed by atoms with Gasteiger partial charge in [0.1, 0.15) is 0 Å². The summed E-state index contributed by atoms with van der Waals surface area (Å²) in [6.07, 6.45) is 4.13. The number of pyridine rings is 1. The van der Waals surface area contributed by atoms with Gasteiger partial charge in [-0.3, -0.25) is 4.98 Å². The van der Waals surface area contributed by atoms with E-state index in [1.54, 1.807) is 12.3 Å². The van der Waals surface area contributed by atoms with Gasteiger partial charge in [0.15, 0.2) is 0 Å². The maximum absolute atomic E-state index is 8.67. The van der Waals surface area contributed by atoms with Crippen molar-refractivity contribution in [3.05, 3.63) is 29.6 Å². The maximum Gasteiger partial charge on any atom is 0.0992 e. The first-order chi connectivity index (χ1) is 5.74. The predicted octanol–water partition coefficient (Wildman–Crippen LogP) is 2.00. The number of nitrogens with zero attached hydrogens (tertiary/aromatic N) is 2. The van der Waals surface area contributed by atoms with E-state index in [1.807, 2.05) is 6.07 Å². The molecule has 12 heavy (non-hydrogen) atoms. The Morgan fingerprint density at radius 1 is 1.58 bits per heavy atom. The van der Waals surface area contributed by atoms with E-state index in [1.165, 1.54) is 12.8 Å². The van der Waals surface area contributed by atoms with Crippen molar-refractivity contribution in [2.24, 2.45) is 0 Å². The van der Waals surface area contributed by atoms with Gasteiger partial charge in [0.05, 0.1) is 11.6 Å². The summed E-state index contributed by atoms with van der Waals surface area (Å²) in [5.41, 5.74) is 2.06. The monoisotopic (exact) mass is 158 g/mol. The van der Waals surface area contributed by atoms with Crippen LogP contribution in [-0.4, -0.2) is 4.98 Å². The van der Waals surface area contributed by atoms with Crippen molar-refractivity contribution in [3.8, 4) is 6.07 Å². The topological polar surface area (TPSA) is 36.7 Å². The fourth-order valence-corrected chi connectivity index (χ4v) is 1.27. The summed E-state index contributed by atoms with van der Waals surface area (Å²) < 4.78 is 0. The second kappa shape index (κ2) is 2.31. The smallest absolute Gasteiger partial charge is 0.0992 e. The summed E-state index contributed by atoms with van der Waals surface area (Å²) in [4.78, 5) is 4.27. The SMILES string of the molecule is CC1(c2cc(C#N)ccn2)CC1. The van der Waals surface area contributed by atoms with Crippen molar-refractivity contribution in [2.45, 2.75) is 25.2 Å². The Morgan fingerprint density at radius 2 is 2.33 bits per heavy atom. The summed E-state index contributed by atoms with van der Waals surface area (Å²) in [5.74, 6) is 0. The van der Waals surface area contributed by atoms with Crippen molar-refractivity contribution >= 4 is 0 Å². The molecule has 2 heteroatoms. The molecular weight excluding hydrogens is 148 g/mol. The molecule has 1 aromatic heterocycles. The molecule has 1 aliphatic carbocycles. The molecule has 1 saturated carbocycles. The molecule has 0 aliphatic heterocycles. The Bertz CT molecular complexity index is 345. The molecule has 0 aromatic carbocycles. The number of rotatable bonds is 1. The van der Waals surface area contributed by atoms with Crippen LogP contribution in [0.3, 0.4) is 0 Å². The Balaban J connectivity index is 2.40. The Labute approximate surface area is 71.9 Å². The van der Waals surface area contributed by atoms with Gasteiger partial charge in [0.25, 0.3) is 0 Å². The van der Waals surface area contributed by atoms with Crippen LogP contribution in [0.15, 0.2) is 18.3 Å². The summed E-state index contributed by atoms with van der Waals surface area (Å²) in [7, 11) is 0. The summed E-state index contributed by atoms with van der Waals surface area (Å²) >= 11 is 0. The highest BCUT2D eigenvalue weighted by atomic mass is 14.7. The van der Waals surface area contributed by atoms with Crippen molar-refractivity contribution in [1.82, 2.24) is 4.98 Å². The Morgan fingerprint density at radius 3 is 2.92 bits per heavy atom. The van der Waals surface area contributed by atoms with Crippen molar-refractivity contribution in [3.63, 3.8) is 0 Å². The molecule has 60 valence electrons. The van der Waals surface area contributed by atoms with E-state index in [0.717, 1.165) is 5.69 Å². The summed E-state index contributed by atoms with van der Waals surface area (Å²) in [6.45, 7) is 2.19. The maximum atomic E-state index is 8.67. The molecule has 0 spiro atoms. The molecule has 0 bridgehead atoms. The molecule has 1 aromatic rings. The average molecular weight is 158 g/mol. The minimum atomic E-state index is 0.271. The van der Waals surface area contributed by atoms with Gasteiger partial charge in [-0.1, -0.05) is 6.92 Å². The Hall–Kier alpha value is -1.36. The molecule has 1 heterocycles. The number of aromatic nitrogens is 1. The zero-order valence-corrected chi connectivity index (χ0v) is 7.04. The molecule has 2 rings (SSSR count). The van der Waals surface area contributed by atoms with Crippen LogP contribution < -0.4 is 0 Å². The standard InChI is InChI=1S/C10H10N2/c1-10(3-4-10)9-6-8(7-11)2-5-12-9/h2,5-6H,3-4H2,1H3. The fourth-order valence-electron chi connectivity index (χ4n) is 1.27. The highest BCUT2D eigenvalue weighted by Gasteiger charge is 2.40. The minimum absolute atomic E-state index is 0.271. The van der Waals surface area contributed by atoms with Crippen LogP contribution in [0.5, 0.6) is 0 Å². The first-order valence-corrected chi connectivity index (χ1v) is 4.11. The van der Waals surface area contributed by atoms with E-state index >= 15 is 0 Å². The van der Waals surface area contributed by atoms with E-state index in [9.17, 15) is 0 Å². The third-order valence-corrected chi connectivity index (χ3v) is 2.51. The molecule has 2 nitrogen and oxygen atoms in total. The van der Waals surface area contributed by atoms with Crippen LogP contribution in [0.25, 0.3) is 0 Å². The van der Waals surface area contributed by atoms with Crippen molar-refractivity contribution < 1.29 is 0 Å². The minimum Gasteiger partial charge on any atom is -0.261 e. The molecule has 0 saturated heterocycles. The lowest BCUT2D eigenvalue weighted by atomic mass is 10.0. The second-order valence-corrected chi connectivity index (χ2v) is 3.60. The number of hydrogen-bond donors (Lipinski definition) is 0. The van der Waals surface area contributed by atoms with Gasteiger partial charge in [0, 0.05) is 17.3 Å². The summed E-state index contributed by atoms with van der Waals surface area (Å²) in [6, 6.07) is 5.77. The van der Waals surface area contributed by atoms with Crippen LogP contribution >= 0.6 is 0 Å². The van der Waals surface area contributed by atoms with Gasteiger partial charge < -0.3 is 0 Å². The van der Waals surface area contributed by atoms with Gasteiger partial charge in [-0.05, 0) is 25.0 Å². The first-order valence-electron chi connectivity index (χ1n) is 4.11. The van der Waals surface area contributed by atoms with Crippen molar-refractivity contribution in [1.29, 1.82) is 5.26 Å². The van der Waals surface area contributed by atoms with Gasteiger partial charge >= 0.3 is 0 Å². The zero-order valence-electron chi connectivity index (χ0n) is 7.04. The normalized spacial score (nSPS) is 18.3. The highest BCUT2D eigenvalue weighted by Crippen LogP contribution is 2.46. The Kier molecular flexibility index (Phi) is 1.41. The third kappa shape index (κ3) is 1.08. The molecule has 0 radical (unpaired) electrons. The molecule has 0 N–H and O–H groups in total. The van der Waals surface area contributed by atoms with E-state index in [0.29, 0.717) is 5.56 Å². The molecule has 1 aliphatic rings. The fraction of sp³-hybridized carbons (Fsp3) is 0.400. The summed E-state index contributed by atoms with van der Waals surface area (Å²) in [5, 5.41) is 8.67. The van der Waals surface area contributed by atoms with Crippen LogP contribution in [0.4, 0.5) is 0 Å². The first kappa shape index (κ1) is 7.30. The molecule has 0 amide bonds. The van der Waals surface area contributed by atoms with E-state index < -0.39 is 0 Å². The van der Waals surface area contributed by atoms with E-state index in [2.05, 4.69) is 18.0 Å². The van der Waals surface area contributed by atoms with Gasteiger partial charge in [-0.2, -0.15) is 5.26 Å². The van der Waals surface area contributed by atoms with Gasteiger partial charge in [-0.25, -0.2) is 0 Å². The van der Waals surface area contributed by atoms with Gasteiger partial charge in [-0.15, -0.1) is 0 Å². The molecule has 1 fully saturated rings. The lowest BCUT2D eigenvalue weighted by Gasteiger charge is -2.06. The average Bonchev–Trinajstić information content (AvgIpc) is 2.85. The highest BCUT2D eigenvalue weighted by molar-refractivity contribution is 5.33. The molecular formula is C10H10N2. The quantitative estimate of drug-likeness (QED) is 0.626.